The predicted molar refractivity (Wildman–Crippen MR) is 132 cm³/mol. The SMILES string of the molecule is CCCCC(CC)COC(=O)C(N(C(=S)OC(C)C)S(=O)(=O)O)N(C(=S)OC(C)C)S(=O)(=O)O. The molecule has 0 bridgehead atoms. The molecular weight excluding hydrogens is 532 g/mol. The molecule has 0 aromatic heterocycles. The van der Waals surface area contributed by atoms with Crippen molar-refractivity contribution in [2.24, 2.45) is 5.92 Å². The second-order valence-corrected chi connectivity index (χ2v) is 11.1. The number of hydrogen-bond donors (Lipinski definition) is 2. The molecule has 0 amide bonds. The predicted octanol–water partition coefficient (Wildman–Crippen LogP) is 2.70. The lowest BCUT2D eigenvalue weighted by atomic mass is 10.0. The van der Waals surface area contributed by atoms with Gasteiger partial charge in [-0.15, -0.1) is 0 Å². The zero-order chi connectivity index (χ0) is 26.9. The van der Waals surface area contributed by atoms with E-state index in [2.05, 4.69) is 0 Å². The second kappa shape index (κ2) is 14.3. The molecule has 0 saturated heterocycles. The average molecular weight is 567 g/mol. The Labute approximate surface area is 212 Å². The monoisotopic (exact) mass is 566 g/mol. The molecule has 12 nitrogen and oxygen atoms in total. The van der Waals surface area contributed by atoms with Gasteiger partial charge in [0.1, 0.15) is 0 Å². The lowest BCUT2D eigenvalue weighted by Gasteiger charge is -2.35. The summed E-state index contributed by atoms with van der Waals surface area (Å²) in [6.07, 6.45) is -1.04. The van der Waals surface area contributed by atoms with E-state index < -0.39 is 55.3 Å². The van der Waals surface area contributed by atoms with Crippen molar-refractivity contribution in [1.29, 1.82) is 0 Å². The van der Waals surface area contributed by atoms with E-state index in [1.54, 1.807) is 0 Å². The van der Waals surface area contributed by atoms with Crippen LogP contribution in [0.5, 0.6) is 0 Å². The molecule has 0 aliphatic heterocycles. The van der Waals surface area contributed by atoms with Gasteiger partial charge in [-0.3, -0.25) is 9.11 Å². The number of carbonyl (C=O) groups excluding carboxylic acids is 1. The molecule has 0 aromatic carbocycles. The molecule has 0 aliphatic rings. The molecule has 1 atom stereocenters. The highest BCUT2D eigenvalue weighted by Crippen LogP contribution is 2.22. The van der Waals surface area contributed by atoms with Crippen LogP contribution in [0.15, 0.2) is 0 Å². The Balaban J connectivity index is 6.62. The zero-order valence-corrected chi connectivity index (χ0v) is 23.3. The summed E-state index contributed by atoms with van der Waals surface area (Å²) in [7, 11) is -10.9. The molecule has 0 aromatic rings. The molecule has 200 valence electrons. The number of unbranched alkanes of at least 4 members (excludes halogenated alkanes) is 1. The molecule has 1 unspecified atom stereocenters. The van der Waals surface area contributed by atoms with Crippen LogP contribution in [0, 0.1) is 5.92 Å². The van der Waals surface area contributed by atoms with Crippen molar-refractivity contribution in [2.75, 3.05) is 6.61 Å². The van der Waals surface area contributed by atoms with Crippen LogP contribution in [0.4, 0.5) is 0 Å². The van der Waals surface area contributed by atoms with E-state index >= 15 is 0 Å². The van der Waals surface area contributed by atoms with Crippen molar-refractivity contribution in [3.63, 3.8) is 0 Å². The largest absolute Gasteiger partial charge is 0.467 e. The summed E-state index contributed by atoms with van der Waals surface area (Å²) >= 11 is 9.79. The summed E-state index contributed by atoms with van der Waals surface area (Å²) in [5, 5.41) is -1.98. The van der Waals surface area contributed by atoms with Gasteiger partial charge >= 0.3 is 26.6 Å². The molecule has 0 fully saturated rings. The normalized spacial score (nSPS) is 13.0. The maximum absolute atomic E-state index is 13.1. The summed E-state index contributed by atoms with van der Waals surface area (Å²) in [6.45, 7) is 9.51. The van der Waals surface area contributed by atoms with Gasteiger partial charge in [-0.2, -0.15) is 25.4 Å². The topological polar surface area (TPSA) is 160 Å². The van der Waals surface area contributed by atoms with Gasteiger partial charge in [0.25, 0.3) is 10.3 Å². The number of hydrogen-bond acceptors (Lipinski definition) is 10. The Morgan fingerprint density at radius 3 is 1.59 bits per heavy atom. The van der Waals surface area contributed by atoms with Gasteiger partial charge in [0.15, 0.2) is 0 Å². The number of ether oxygens (including phenoxy) is 3. The van der Waals surface area contributed by atoms with Crippen molar-refractivity contribution >= 4 is 61.4 Å². The average Bonchev–Trinajstić information content (AvgIpc) is 2.63. The first-order chi connectivity index (χ1) is 15.5. The highest BCUT2D eigenvalue weighted by Gasteiger charge is 2.49. The van der Waals surface area contributed by atoms with Gasteiger partial charge in [-0.1, -0.05) is 33.1 Å². The fourth-order valence-corrected chi connectivity index (χ4v) is 5.14. The van der Waals surface area contributed by atoms with Crippen molar-refractivity contribution in [3.05, 3.63) is 0 Å². The molecular formula is C18H34N2O10S4. The van der Waals surface area contributed by atoms with Gasteiger partial charge in [0, 0.05) is 0 Å². The molecule has 0 spiro atoms. The van der Waals surface area contributed by atoms with E-state index in [4.69, 9.17) is 38.6 Å². The summed E-state index contributed by atoms with van der Waals surface area (Å²) in [6, 6.07) is 0. The van der Waals surface area contributed by atoms with Crippen LogP contribution in [-0.4, -0.2) is 75.9 Å². The molecule has 0 rings (SSSR count). The minimum absolute atomic E-state index is 0.111. The van der Waals surface area contributed by atoms with Gasteiger partial charge in [-0.25, -0.2) is 4.79 Å². The van der Waals surface area contributed by atoms with Gasteiger partial charge < -0.3 is 14.2 Å². The Morgan fingerprint density at radius 2 is 1.29 bits per heavy atom. The third-order valence-corrected chi connectivity index (χ3v) is 6.73. The molecule has 0 saturated carbocycles. The zero-order valence-electron chi connectivity index (χ0n) is 20.0. The molecule has 34 heavy (non-hydrogen) atoms. The highest BCUT2D eigenvalue weighted by atomic mass is 32.2. The van der Waals surface area contributed by atoms with E-state index in [0.29, 0.717) is 12.8 Å². The number of carbonyl (C=O) groups is 1. The van der Waals surface area contributed by atoms with Crippen LogP contribution < -0.4 is 0 Å². The van der Waals surface area contributed by atoms with Crippen LogP contribution in [0.2, 0.25) is 0 Å². The first kappa shape index (κ1) is 32.7. The fraction of sp³-hybridized carbons (Fsp3) is 0.833. The number of nitrogens with zero attached hydrogens (tertiary/aromatic N) is 2. The highest BCUT2D eigenvalue weighted by molar-refractivity contribution is 7.88. The van der Waals surface area contributed by atoms with Crippen LogP contribution in [-0.2, 0) is 39.6 Å². The Kier molecular flexibility index (Phi) is 13.7. The van der Waals surface area contributed by atoms with Crippen LogP contribution >= 0.6 is 24.4 Å². The second-order valence-electron chi connectivity index (χ2n) is 7.83. The Bertz CT molecular complexity index is 848. The maximum atomic E-state index is 13.1. The van der Waals surface area contributed by atoms with Gasteiger partial charge in [0.05, 0.1) is 18.8 Å². The van der Waals surface area contributed by atoms with Crippen LogP contribution in [0.1, 0.15) is 67.2 Å². The van der Waals surface area contributed by atoms with E-state index in [1.807, 2.05) is 13.8 Å². The lowest BCUT2D eigenvalue weighted by molar-refractivity contribution is -0.152. The van der Waals surface area contributed by atoms with Crippen molar-refractivity contribution < 1.29 is 44.9 Å². The third-order valence-electron chi connectivity index (χ3n) is 4.19. The Morgan fingerprint density at radius 1 is 0.882 bits per heavy atom. The van der Waals surface area contributed by atoms with Gasteiger partial charge in [0.2, 0.25) is 6.17 Å². The van der Waals surface area contributed by atoms with Gasteiger partial charge in [-0.05, 0) is 64.5 Å². The Hall–Kier alpha value is -1.33. The minimum Gasteiger partial charge on any atom is -0.467 e. The third kappa shape index (κ3) is 10.9. The minimum atomic E-state index is -5.45. The number of thiocarbonyl (C=S) groups is 2. The van der Waals surface area contributed by atoms with Crippen molar-refractivity contribution in [1.82, 2.24) is 8.61 Å². The quantitative estimate of drug-likeness (QED) is 0.145. The summed E-state index contributed by atoms with van der Waals surface area (Å²) < 4.78 is 83.6. The van der Waals surface area contributed by atoms with E-state index in [0.717, 1.165) is 12.8 Å². The number of esters is 1. The van der Waals surface area contributed by atoms with Crippen molar-refractivity contribution in [2.45, 2.75) is 85.6 Å². The lowest BCUT2D eigenvalue weighted by Crippen LogP contribution is -2.61. The standard InChI is InChI=1S/C18H34N2O10S4/c1-7-9-10-14(8-2)11-28-16(21)15(19(33(22,23)24)17(31)29-12(3)4)20(34(25,26)27)18(32)30-13(5)6/h12-15H,7-11H2,1-6H3,(H,22,23,24)(H,25,26,27). The molecule has 0 aliphatic carbocycles. The molecule has 0 radical (unpaired) electrons. The fourth-order valence-electron chi connectivity index (χ4n) is 2.61. The summed E-state index contributed by atoms with van der Waals surface area (Å²) in [5.74, 6) is -1.60. The van der Waals surface area contributed by atoms with E-state index in [9.17, 15) is 30.7 Å². The first-order valence-electron chi connectivity index (χ1n) is 10.6. The van der Waals surface area contributed by atoms with Crippen LogP contribution in [0.25, 0.3) is 0 Å². The van der Waals surface area contributed by atoms with Crippen molar-refractivity contribution in [3.8, 4) is 0 Å². The molecule has 16 heteroatoms. The first-order valence-corrected chi connectivity index (χ1v) is 14.2. The summed E-state index contributed by atoms with van der Waals surface area (Å²) in [4.78, 5) is 13.1. The molecule has 2 N–H and O–H groups in total. The van der Waals surface area contributed by atoms with E-state index in [-0.39, 0.29) is 21.1 Å². The maximum Gasteiger partial charge on any atom is 0.365 e. The summed E-state index contributed by atoms with van der Waals surface area (Å²) in [5.41, 5.74) is 0. The smallest absolute Gasteiger partial charge is 0.365 e. The molecule has 0 heterocycles. The van der Waals surface area contributed by atoms with Crippen LogP contribution in [0.3, 0.4) is 0 Å². The number of rotatable bonds is 13. The van der Waals surface area contributed by atoms with E-state index in [1.165, 1.54) is 27.7 Å².